The highest BCUT2D eigenvalue weighted by Crippen LogP contribution is 2.48. The minimum Gasteiger partial charge on any atom is -0.495 e. The van der Waals surface area contributed by atoms with Crippen LogP contribution in [0.15, 0.2) is 35.4 Å². The molecule has 3 rings (SSSR count). The first-order valence-electron chi connectivity index (χ1n) is 9.67. The summed E-state index contributed by atoms with van der Waals surface area (Å²) in [6, 6.07) is 3.19. The van der Waals surface area contributed by atoms with Crippen molar-refractivity contribution in [3.63, 3.8) is 0 Å². The van der Waals surface area contributed by atoms with Gasteiger partial charge in [-0.15, -0.1) is 0 Å². The fourth-order valence-corrected chi connectivity index (χ4v) is 3.92. The number of benzene rings is 1. The summed E-state index contributed by atoms with van der Waals surface area (Å²) in [6.07, 6.45) is 3.08. The number of Topliss-reactive ketones (excluding diaryl/α,β-unsaturated/α-hetero) is 1. The lowest BCUT2D eigenvalue weighted by Crippen LogP contribution is -2.51. The lowest BCUT2D eigenvalue weighted by atomic mass is 9.79. The van der Waals surface area contributed by atoms with E-state index in [1.807, 2.05) is 13.8 Å². The largest absolute Gasteiger partial charge is 0.495 e. The van der Waals surface area contributed by atoms with E-state index < -0.39 is 29.2 Å². The molecule has 7 heteroatoms. The summed E-state index contributed by atoms with van der Waals surface area (Å²) in [4.78, 5) is 49.7. The van der Waals surface area contributed by atoms with E-state index >= 15 is 0 Å². The second-order valence-corrected chi connectivity index (χ2v) is 7.87. The Balaban J connectivity index is 2.16. The first-order chi connectivity index (χ1) is 14.1. The van der Waals surface area contributed by atoms with E-state index in [-0.39, 0.29) is 28.6 Å². The Morgan fingerprint density at radius 1 is 1.23 bits per heavy atom. The third-order valence-corrected chi connectivity index (χ3v) is 5.13. The molecule has 1 spiro atoms. The predicted molar refractivity (Wildman–Crippen MR) is 108 cm³/mol. The Hall–Kier alpha value is -3.22. The molecular formula is C23H24O7. The van der Waals surface area contributed by atoms with E-state index in [9.17, 15) is 19.2 Å². The number of fused-ring (bicyclic) bond motifs is 1. The zero-order chi connectivity index (χ0) is 22.2. The van der Waals surface area contributed by atoms with Crippen LogP contribution in [0.3, 0.4) is 0 Å². The van der Waals surface area contributed by atoms with Crippen LogP contribution in [0.5, 0.6) is 11.5 Å². The number of ether oxygens (including phenoxy) is 3. The zero-order valence-corrected chi connectivity index (χ0v) is 17.6. The molecule has 0 bridgehead atoms. The summed E-state index contributed by atoms with van der Waals surface area (Å²) < 4.78 is 16.8. The van der Waals surface area contributed by atoms with Crippen molar-refractivity contribution in [2.45, 2.75) is 45.8 Å². The lowest BCUT2D eigenvalue weighted by molar-refractivity contribution is -0.147. The highest BCUT2D eigenvalue weighted by atomic mass is 16.5. The summed E-state index contributed by atoms with van der Waals surface area (Å²) in [7, 11) is 1.39. The SMILES string of the molecule is COc1c([C@H](CC(C)C)OC(C)=O)ccc2c1C(=O)[C@]1(O2)C(=O)C=C(C)C=C1C=O. The Bertz CT molecular complexity index is 999. The minimum atomic E-state index is -2.05. The van der Waals surface area contributed by atoms with Gasteiger partial charge in [-0.2, -0.15) is 0 Å². The average Bonchev–Trinajstić information content (AvgIpc) is 2.96. The van der Waals surface area contributed by atoms with E-state index in [0.29, 0.717) is 23.8 Å². The molecule has 158 valence electrons. The molecule has 30 heavy (non-hydrogen) atoms. The van der Waals surface area contributed by atoms with Crippen LogP contribution in [0.1, 0.15) is 56.1 Å². The number of rotatable bonds is 6. The van der Waals surface area contributed by atoms with E-state index in [2.05, 4.69) is 0 Å². The van der Waals surface area contributed by atoms with Gasteiger partial charge in [-0.1, -0.05) is 13.8 Å². The highest BCUT2D eigenvalue weighted by molar-refractivity contribution is 6.30. The second kappa shape index (κ2) is 7.89. The molecule has 0 radical (unpaired) electrons. The smallest absolute Gasteiger partial charge is 0.303 e. The summed E-state index contributed by atoms with van der Waals surface area (Å²) >= 11 is 0. The number of ketones is 2. The molecule has 1 heterocycles. The maximum absolute atomic E-state index is 13.5. The molecule has 0 fully saturated rings. The number of esters is 1. The standard InChI is InChI=1S/C23H24O7/c1-12(2)8-18(29-14(4)25)16-6-7-17-20(21(16)28-5)22(27)23(30-17)15(11-24)9-13(3)10-19(23)26/h6-7,9-12,18H,8H2,1-5H3/t18-,23+/m0/s1. The van der Waals surface area contributed by atoms with Crippen LogP contribution in [-0.2, 0) is 19.1 Å². The van der Waals surface area contributed by atoms with Crippen molar-refractivity contribution >= 4 is 23.8 Å². The molecule has 1 aliphatic carbocycles. The molecule has 0 N–H and O–H groups in total. The lowest BCUT2D eigenvalue weighted by Gasteiger charge is -2.27. The molecule has 2 aliphatic rings. The molecule has 0 saturated carbocycles. The van der Waals surface area contributed by atoms with E-state index in [1.54, 1.807) is 13.0 Å². The molecular weight excluding hydrogens is 388 g/mol. The van der Waals surface area contributed by atoms with Crippen molar-refractivity contribution in [1.29, 1.82) is 0 Å². The van der Waals surface area contributed by atoms with Crippen molar-refractivity contribution in [1.82, 2.24) is 0 Å². The Kier molecular flexibility index (Phi) is 5.65. The number of carbonyl (C=O) groups excluding carboxylic acids is 4. The minimum absolute atomic E-state index is 0.0592. The van der Waals surface area contributed by atoms with Crippen molar-refractivity contribution in [3.8, 4) is 11.5 Å². The van der Waals surface area contributed by atoms with Crippen LogP contribution in [0.4, 0.5) is 0 Å². The molecule has 0 aromatic heterocycles. The van der Waals surface area contributed by atoms with Crippen LogP contribution < -0.4 is 9.47 Å². The van der Waals surface area contributed by atoms with Gasteiger partial charge < -0.3 is 14.2 Å². The fourth-order valence-electron chi connectivity index (χ4n) is 3.92. The van der Waals surface area contributed by atoms with Gasteiger partial charge >= 0.3 is 5.97 Å². The molecule has 1 aromatic carbocycles. The van der Waals surface area contributed by atoms with Gasteiger partial charge in [0.05, 0.1) is 12.7 Å². The predicted octanol–water partition coefficient (Wildman–Crippen LogP) is 3.31. The fraction of sp³-hybridized carbons (Fsp3) is 0.391. The third kappa shape index (κ3) is 3.34. The summed E-state index contributed by atoms with van der Waals surface area (Å²) in [6.45, 7) is 6.94. The van der Waals surface area contributed by atoms with Gasteiger partial charge in [0.15, 0.2) is 6.29 Å². The molecule has 1 aromatic rings. The number of aldehydes is 1. The van der Waals surface area contributed by atoms with Crippen molar-refractivity contribution in [2.75, 3.05) is 7.11 Å². The van der Waals surface area contributed by atoms with Gasteiger partial charge in [0.2, 0.25) is 11.6 Å². The van der Waals surface area contributed by atoms with Crippen molar-refractivity contribution in [3.05, 3.63) is 46.6 Å². The maximum atomic E-state index is 13.5. The summed E-state index contributed by atoms with van der Waals surface area (Å²) in [5, 5.41) is 0. The van der Waals surface area contributed by atoms with Gasteiger partial charge in [0, 0.05) is 12.5 Å². The number of hydrogen-bond donors (Lipinski definition) is 0. The quantitative estimate of drug-likeness (QED) is 0.402. The van der Waals surface area contributed by atoms with E-state index in [0.717, 1.165) is 0 Å². The van der Waals surface area contributed by atoms with E-state index in [1.165, 1.54) is 32.3 Å². The summed E-state index contributed by atoms with van der Waals surface area (Å²) in [5.74, 6) is -1.24. The van der Waals surface area contributed by atoms with Gasteiger partial charge in [-0.05, 0) is 49.1 Å². The molecule has 0 saturated heterocycles. The molecule has 0 unspecified atom stereocenters. The molecule has 7 nitrogen and oxygen atoms in total. The average molecular weight is 412 g/mol. The second-order valence-electron chi connectivity index (χ2n) is 7.87. The van der Waals surface area contributed by atoms with Crippen LogP contribution in [-0.4, -0.2) is 36.5 Å². The zero-order valence-electron chi connectivity index (χ0n) is 17.6. The topological polar surface area (TPSA) is 96.0 Å². The van der Waals surface area contributed by atoms with Crippen LogP contribution in [0, 0.1) is 5.92 Å². The number of hydrogen-bond acceptors (Lipinski definition) is 7. The Morgan fingerprint density at radius 2 is 1.93 bits per heavy atom. The van der Waals surface area contributed by atoms with E-state index in [4.69, 9.17) is 14.2 Å². The van der Waals surface area contributed by atoms with Gasteiger partial charge in [0.1, 0.15) is 23.2 Å². The van der Waals surface area contributed by atoms with Crippen LogP contribution >= 0.6 is 0 Å². The maximum Gasteiger partial charge on any atom is 0.303 e. The monoisotopic (exact) mass is 412 g/mol. The van der Waals surface area contributed by atoms with Gasteiger partial charge in [0.25, 0.3) is 5.60 Å². The van der Waals surface area contributed by atoms with Crippen molar-refractivity contribution in [2.24, 2.45) is 5.92 Å². The van der Waals surface area contributed by atoms with Crippen molar-refractivity contribution < 1.29 is 33.4 Å². The first-order valence-corrected chi connectivity index (χ1v) is 9.67. The molecule has 2 atom stereocenters. The Morgan fingerprint density at radius 3 is 2.50 bits per heavy atom. The third-order valence-electron chi connectivity index (χ3n) is 5.13. The number of carbonyl (C=O) groups is 4. The normalized spacial score (nSPS) is 21.0. The number of allylic oxidation sites excluding steroid dienone is 2. The number of methoxy groups -OCH3 is 1. The van der Waals surface area contributed by atoms with Gasteiger partial charge in [-0.25, -0.2) is 0 Å². The van der Waals surface area contributed by atoms with Crippen LogP contribution in [0.25, 0.3) is 0 Å². The highest BCUT2D eigenvalue weighted by Gasteiger charge is 2.58. The van der Waals surface area contributed by atoms with Crippen LogP contribution in [0.2, 0.25) is 0 Å². The molecule has 1 aliphatic heterocycles. The first kappa shape index (κ1) is 21.5. The summed E-state index contributed by atoms with van der Waals surface area (Å²) in [5.41, 5.74) is -0.994. The Labute approximate surface area is 174 Å². The van der Waals surface area contributed by atoms with Gasteiger partial charge in [-0.3, -0.25) is 19.2 Å². The molecule has 0 amide bonds.